The molecule has 1 heterocycles. The molecule has 3 rings (SSSR count). The summed E-state index contributed by atoms with van der Waals surface area (Å²) in [5.74, 6) is 1.25. The van der Waals surface area contributed by atoms with Crippen molar-refractivity contribution in [3.63, 3.8) is 0 Å². The molecule has 0 aliphatic heterocycles. The highest BCUT2D eigenvalue weighted by Crippen LogP contribution is 2.62. The van der Waals surface area contributed by atoms with Crippen molar-refractivity contribution in [2.24, 2.45) is 11.8 Å². The van der Waals surface area contributed by atoms with Gasteiger partial charge < -0.3 is 5.11 Å². The Morgan fingerprint density at radius 3 is 2.60 bits per heavy atom. The average molecular weight is 203 g/mol. The third kappa shape index (κ3) is 1.48. The third-order valence-electron chi connectivity index (χ3n) is 4.25. The first-order valence-electron chi connectivity index (χ1n) is 5.92. The highest BCUT2D eigenvalue weighted by Gasteiger charge is 2.64. The van der Waals surface area contributed by atoms with Crippen LogP contribution in [0.2, 0.25) is 0 Å². The number of aliphatic hydroxyl groups is 1. The third-order valence-corrected chi connectivity index (χ3v) is 4.25. The van der Waals surface area contributed by atoms with E-state index in [0.717, 1.165) is 12.8 Å². The quantitative estimate of drug-likeness (QED) is 0.816. The molecule has 0 amide bonds. The lowest BCUT2D eigenvalue weighted by atomic mass is 10.00. The molecule has 0 saturated heterocycles. The van der Waals surface area contributed by atoms with E-state index in [0.29, 0.717) is 11.8 Å². The number of rotatable bonds is 3. The Kier molecular flexibility index (Phi) is 2.06. The van der Waals surface area contributed by atoms with Crippen LogP contribution in [0.4, 0.5) is 0 Å². The first-order valence-corrected chi connectivity index (χ1v) is 5.92. The van der Waals surface area contributed by atoms with Crippen molar-refractivity contribution in [2.45, 2.75) is 37.7 Å². The van der Waals surface area contributed by atoms with E-state index in [1.807, 2.05) is 24.5 Å². The van der Waals surface area contributed by atoms with E-state index in [1.54, 1.807) is 0 Å². The monoisotopic (exact) mass is 203 g/mol. The Morgan fingerprint density at radius 2 is 1.93 bits per heavy atom. The number of aryl methyl sites for hydroxylation is 1. The predicted octanol–water partition coefficient (Wildman–Crippen LogP) is 2.18. The minimum Gasteiger partial charge on any atom is -0.389 e. The van der Waals surface area contributed by atoms with Crippen LogP contribution < -0.4 is 0 Å². The standard InChI is InChI=1S/C13H17NO/c15-13(11-2-1-3-12(11)13)7-4-10-5-8-14-9-6-10/h5-6,8-9,11-12,15H,1-4,7H2. The molecule has 2 aliphatic rings. The zero-order chi connectivity index (χ0) is 10.3. The molecule has 2 aliphatic carbocycles. The molecule has 2 heteroatoms. The van der Waals surface area contributed by atoms with Gasteiger partial charge in [0.05, 0.1) is 5.60 Å². The second kappa shape index (κ2) is 3.31. The first kappa shape index (κ1) is 9.34. The summed E-state index contributed by atoms with van der Waals surface area (Å²) < 4.78 is 0. The number of nitrogens with zero attached hydrogens (tertiary/aromatic N) is 1. The molecule has 2 nitrogen and oxygen atoms in total. The molecular formula is C13H17NO. The minimum atomic E-state index is -0.304. The summed E-state index contributed by atoms with van der Waals surface area (Å²) in [4.78, 5) is 4.00. The molecule has 2 fully saturated rings. The van der Waals surface area contributed by atoms with Gasteiger partial charge >= 0.3 is 0 Å². The fraction of sp³-hybridized carbons (Fsp3) is 0.615. The Balaban J connectivity index is 1.60. The maximum absolute atomic E-state index is 10.4. The van der Waals surface area contributed by atoms with Crippen LogP contribution in [0.15, 0.2) is 24.5 Å². The summed E-state index contributed by atoms with van der Waals surface area (Å²) in [5, 5.41) is 10.4. The van der Waals surface area contributed by atoms with Gasteiger partial charge in [-0.3, -0.25) is 4.98 Å². The van der Waals surface area contributed by atoms with Crippen molar-refractivity contribution in [1.82, 2.24) is 4.98 Å². The van der Waals surface area contributed by atoms with E-state index in [9.17, 15) is 5.11 Å². The van der Waals surface area contributed by atoms with Crippen LogP contribution >= 0.6 is 0 Å². The van der Waals surface area contributed by atoms with Gasteiger partial charge in [-0.15, -0.1) is 0 Å². The van der Waals surface area contributed by atoms with Gasteiger partial charge in [0, 0.05) is 12.4 Å². The van der Waals surface area contributed by atoms with Crippen LogP contribution in [0.5, 0.6) is 0 Å². The SMILES string of the molecule is OC1(CCc2ccncc2)C2CCCC21. The van der Waals surface area contributed by atoms with E-state index < -0.39 is 0 Å². The second-order valence-electron chi connectivity index (χ2n) is 4.99. The molecule has 80 valence electrons. The first-order chi connectivity index (χ1) is 7.31. The molecule has 0 radical (unpaired) electrons. The molecular weight excluding hydrogens is 186 g/mol. The summed E-state index contributed by atoms with van der Waals surface area (Å²) in [7, 11) is 0. The van der Waals surface area contributed by atoms with Gasteiger partial charge in [0.2, 0.25) is 0 Å². The van der Waals surface area contributed by atoms with Gasteiger partial charge in [0.1, 0.15) is 0 Å². The van der Waals surface area contributed by atoms with Crippen LogP contribution in [-0.2, 0) is 6.42 Å². The van der Waals surface area contributed by atoms with E-state index in [2.05, 4.69) is 4.98 Å². The lowest BCUT2D eigenvalue weighted by Crippen LogP contribution is -2.16. The van der Waals surface area contributed by atoms with Crippen LogP contribution in [0, 0.1) is 11.8 Å². The summed E-state index contributed by atoms with van der Waals surface area (Å²) in [6, 6.07) is 4.09. The van der Waals surface area contributed by atoms with E-state index >= 15 is 0 Å². The van der Waals surface area contributed by atoms with Crippen molar-refractivity contribution in [1.29, 1.82) is 0 Å². The molecule has 0 spiro atoms. The zero-order valence-corrected chi connectivity index (χ0v) is 8.89. The van der Waals surface area contributed by atoms with Gasteiger partial charge in [0.15, 0.2) is 0 Å². The Labute approximate surface area is 90.4 Å². The van der Waals surface area contributed by atoms with Crippen molar-refractivity contribution in [3.8, 4) is 0 Å². The molecule has 0 bridgehead atoms. The van der Waals surface area contributed by atoms with Crippen molar-refractivity contribution >= 4 is 0 Å². The molecule has 2 unspecified atom stereocenters. The topological polar surface area (TPSA) is 33.1 Å². The van der Waals surface area contributed by atoms with E-state index in [-0.39, 0.29) is 5.60 Å². The molecule has 2 saturated carbocycles. The summed E-state index contributed by atoms with van der Waals surface area (Å²) in [6.07, 6.45) is 9.40. The van der Waals surface area contributed by atoms with Gasteiger partial charge in [-0.25, -0.2) is 0 Å². The Hall–Kier alpha value is -0.890. The molecule has 2 atom stereocenters. The normalized spacial score (nSPS) is 37.7. The molecule has 0 aromatic carbocycles. The Bertz CT molecular complexity index is 339. The van der Waals surface area contributed by atoms with Crippen molar-refractivity contribution < 1.29 is 5.11 Å². The Morgan fingerprint density at radius 1 is 1.27 bits per heavy atom. The largest absolute Gasteiger partial charge is 0.389 e. The molecule has 1 aromatic rings. The lowest BCUT2D eigenvalue weighted by Gasteiger charge is -2.13. The second-order valence-corrected chi connectivity index (χ2v) is 4.99. The molecule has 15 heavy (non-hydrogen) atoms. The number of fused-ring (bicyclic) bond motifs is 1. The maximum atomic E-state index is 10.4. The number of pyridine rings is 1. The predicted molar refractivity (Wildman–Crippen MR) is 58.3 cm³/mol. The van der Waals surface area contributed by atoms with Gasteiger partial charge in [0.25, 0.3) is 0 Å². The van der Waals surface area contributed by atoms with Crippen molar-refractivity contribution in [2.75, 3.05) is 0 Å². The molecule has 1 N–H and O–H groups in total. The highest BCUT2D eigenvalue weighted by molar-refractivity contribution is 5.18. The number of hydrogen-bond acceptors (Lipinski definition) is 2. The maximum Gasteiger partial charge on any atom is 0.0714 e. The van der Waals surface area contributed by atoms with Crippen LogP contribution in [-0.4, -0.2) is 15.7 Å². The minimum absolute atomic E-state index is 0.304. The zero-order valence-electron chi connectivity index (χ0n) is 8.89. The molecule has 1 aromatic heterocycles. The van der Waals surface area contributed by atoms with Crippen LogP contribution in [0.25, 0.3) is 0 Å². The number of hydrogen-bond donors (Lipinski definition) is 1. The van der Waals surface area contributed by atoms with Crippen LogP contribution in [0.3, 0.4) is 0 Å². The fourth-order valence-corrected chi connectivity index (χ4v) is 3.31. The average Bonchev–Trinajstić information content (AvgIpc) is 2.71. The van der Waals surface area contributed by atoms with Crippen molar-refractivity contribution in [3.05, 3.63) is 30.1 Å². The van der Waals surface area contributed by atoms with Crippen LogP contribution in [0.1, 0.15) is 31.2 Å². The summed E-state index contributed by atoms with van der Waals surface area (Å²) >= 11 is 0. The van der Waals surface area contributed by atoms with Gasteiger partial charge in [-0.05, 0) is 55.2 Å². The van der Waals surface area contributed by atoms with Gasteiger partial charge in [-0.2, -0.15) is 0 Å². The van der Waals surface area contributed by atoms with E-state index in [1.165, 1.54) is 24.8 Å². The summed E-state index contributed by atoms with van der Waals surface area (Å²) in [5.41, 5.74) is 0.991. The lowest BCUT2D eigenvalue weighted by molar-refractivity contribution is 0.0970. The van der Waals surface area contributed by atoms with Gasteiger partial charge in [-0.1, -0.05) is 6.42 Å². The number of aromatic nitrogens is 1. The fourth-order valence-electron chi connectivity index (χ4n) is 3.31. The van der Waals surface area contributed by atoms with E-state index in [4.69, 9.17) is 0 Å². The summed E-state index contributed by atoms with van der Waals surface area (Å²) in [6.45, 7) is 0. The smallest absolute Gasteiger partial charge is 0.0714 e. The highest BCUT2D eigenvalue weighted by atomic mass is 16.3.